The Hall–Kier alpha value is -0.430. The van der Waals surface area contributed by atoms with Crippen LogP contribution in [0.2, 0.25) is 0 Å². The summed E-state index contributed by atoms with van der Waals surface area (Å²) in [5, 5.41) is 3.09. The molecule has 0 fully saturated rings. The maximum atomic E-state index is 5.02. The molecule has 0 aliphatic heterocycles. The van der Waals surface area contributed by atoms with E-state index in [1.807, 2.05) is 7.05 Å². The van der Waals surface area contributed by atoms with Crippen molar-refractivity contribution in [3.63, 3.8) is 0 Å². The Labute approximate surface area is 104 Å². The average Bonchev–Trinajstić information content (AvgIpc) is 2.27. The Morgan fingerprint density at radius 3 is 2.67 bits per heavy atom. The third kappa shape index (κ3) is 3.27. The molecule has 0 saturated carbocycles. The van der Waals surface area contributed by atoms with E-state index in [9.17, 15) is 0 Å². The number of aromatic nitrogens is 2. The quantitative estimate of drug-likeness (QED) is 0.841. The second kappa shape index (κ2) is 6.22. The average molecular weight is 321 g/mol. The number of hydrogen-bond donors (Lipinski definition) is 1. The Morgan fingerprint density at radius 1 is 1.40 bits per heavy atom. The number of ether oxygens (including phenoxy) is 1. The van der Waals surface area contributed by atoms with Crippen LogP contribution in [0.3, 0.4) is 0 Å². The molecule has 5 heteroatoms. The van der Waals surface area contributed by atoms with E-state index in [1.54, 1.807) is 7.11 Å². The monoisotopic (exact) mass is 321 g/mol. The fourth-order valence-electron chi connectivity index (χ4n) is 1.25. The van der Waals surface area contributed by atoms with Crippen molar-refractivity contribution in [2.45, 2.75) is 19.8 Å². The summed E-state index contributed by atoms with van der Waals surface area (Å²) in [5.41, 5.74) is 1.10. The van der Waals surface area contributed by atoms with Gasteiger partial charge in [-0.05, 0) is 29.0 Å². The largest absolute Gasteiger partial charge is 0.384 e. The van der Waals surface area contributed by atoms with Crippen molar-refractivity contribution in [3.8, 4) is 0 Å². The molecule has 0 saturated heterocycles. The van der Waals surface area contributed by atoms with Crippen molar-refractivity contribution in [1.82, 2.24) is 9.97 Å². The molecule has 0 aromatic carbocycles. The lowest BCUT2D eigenvalue weighted by atomic mass is 10.3. The van der Waals surface area contributed by atoms with E-state index in [0.29, 0.717) is 6.61 Å². The van der Waals surface area contributed by atoms with Gasteiger partial charge < -0.3 is 10.1 Å². The first-order valence-corrected chi connectivity index (χ1v) is 6.02. The van der Waals surface area contributed by atoms with Crippen molar-refractivity contribution >= 4 is 28.4 Å². The predicted molar refractivity (Wildman–Crippen MR) is 69.3 cm³/mol. The molecule has 1 aromatic rings. The lowest BCUT2D eigenvalue weighted by Gasteiger charge is -2.09. The SMILES string of the molecule is CCc1nc(CCOC)nc(NC)c1I. The van der Waals surface area contributed by atoms with Gasteiger partial charge in [-0.1, -0.05) is 6.92 Å². The van der Waals surface area contributed by atoms with Crippen molar-refractivity contribution in [1.29, 1.82) is 0 Å². The summed E-state index contributed by atoms with van der Waals surface area (Å²) in [6.45, 7) is 2.76. The van der Waals surface area contributed by atoms with Crippen LogP contribution in [-0.2, 0) is 17.6 Å². The van der Waals surface area contributed by atoms with E-state index in [4.69, 9.17) is 4.74 Å². The summed E-state index contributed by atoms with van der Waals surface area (Å²) < 4.78 is 6.13. The molecular formula is C10H16IN3O. The zero-order chi connectivity index (χ0) is 11.3. The molecule has 0 atom stereocenters. The lowest BCUT2D eigenvalue weighted by molar-refractivity contribution is 0.200. The van der Waals surface area contributed by atoms with Crippen LogP contribution in [0.1, 0.15) is 18.4 Å². The van der Waals surface area contributed by atoms with E-state index in [0.717, 1.165) is 33.7 Å². The molecule has 0 amide bonds. The standard InChI is InChI=1S/C10H16IN3O/c1-4-7-9(11)10(12-2)14-8(13-7)5-6-15-3/h4-6H2,1-3H3,(H,12,13,14). The molecule has 0 aliphatic carbocycles. The zero-order valence-electron chi connectivity index (χ0n) is 9.30. The van der Waals surface area contributed by atoms with Crippen LogP contribution in [0, 0.1) is 3.57 Å². The highest BCUT2D eigenvalue weighted by Gasteiger charge is 2.09. The Morgan fingerprint density at radius 2 is 2.13 bits per heavy atom. The van der Waals surface area contributed by atoms with Crippen molar-refractivity contribution in [3.05, 3.63) is 15.1 Å². The van der Waals surface area contributed by atoms with Crippen molar-refractivity contribution < 1.29 is 4.74 Å². The second-order valence-corrected chi connectivity index (χ2v) is 4.17. The molecule has 1 heterocycles. The van der Waals surface area contributed by atoms with Crippen LogP contribution < -0.4 is 5.32 Å². The molecule has 1 N–H and O–H groups in total. The molecule has 84 valence electrons. The van der Waals surface area contributed by atoms with Crippen LogP contribution in [-0.4, -0.2) is 30.7 Å². The number of anilines is 1. The van der Waals surface area contributed by atoms with E-state index < -0.39 is 0 Å². The molecule has 0 bridgehead atoms. The summed E-state index contributed by atoms with van der Waals surface area (Å²) in [6.07, 6.45) is 1.69. The molecule has 4 nitrogen and oxygen atoms in total. The van der Waals surface area contributed by atoms with Crippen LogP contribution in [0.5, 0.6) is 0 Å². The van der Waals surface area contributed by atoms with Gasteiger partial charge in [0.25, 0.3) is 0 Å². The number of halogens is 1. The highest BCUT2D eigenvalue weighted by atomic mass is 127. The second-order valence-electron chi connectivity index (χ2n) is 3.10. The van der Waals surface area contributed by atoms with Gasteiger partial charge in [0, 0.05) is 20.6 Å². The van der Waals surface area contributed by atoms with Gasteiger partial charge in [0.1, 0.15) is 11.6 Å². The van der Waals surface area contributed by atoms with Gasteiger partial charge >= 0.3 is 0 Å². The first kappa shape index (κ1) is 12.6. The summed E-state index contributed by atoms with van der Waals surface area (Å²) in [6, 6.07) is 0. The normalized spacial score (nSPS) is 10.4. The van der Waals surface area contributed by atoms with Gasteiger partial charge in [0.15, 0.2) is 0 Å². The van der Waals surface area contributed by atoms with E-state index >= 15 is 0 Å². The number of rotatable bonds is 5. The maximum absolute atomic E-state index is 5.02. The predicted octanol–water partition coefficient (Wildman–Crippen LogP) is 1.87. The third-order valence-corrected chi connectivity index (χ3v) is 3.20. The zero-order valence-corrected chi connectivity index (χ0v) is 11.5. The van der Waals surface area contributed by atoms with Gasteiger partial charge in [0.05, 0.1) is 15.9 Å². The lowest BCUT2D eigenvalue weighted by Crippen LogP contribution is -2.09. The Kier molecular flexibility index (Phi) is 5.24. The highest BCUT2D eigenvalue weighted by Crippen LogP contribution is 2.19. The Balaban J connectivity index is 2.98. The topological polar surface area (TPSA) is 47.0 Å². The molecular weight excluding hydrogens is 305 g/mol. The van der Waals surface area contributed by atoms with Crippen LogP contribution in [0.25, 0.3) is 0 Å². The van der Waals surface area contributed by atoms with E-state index in [1.165, 1.54) is 0 Å². The van der Waals surface area contributed by atoms with E-state index in [2.05, 4.69) is 44.8 Å². The minimum atomic E-state index is 0.660. The summed E-state index contributed by atoms with van der Waals surface area (Å²) in [5.74, 6) is 1.76. The summed E-state index contributed by atoms with van der Waals surface area (Å²) in [4.78, 5) is 8.93. The van der Waals surface area contributed by atoms with Gasteiger partial charge in [-0.2, -0.15) is 0 Å². The van der Waals surface area contributed by atoms with Gasteiger partial charge in [-0.3, -0.25) is 0 Å². The highest BCUT2D eigenvalue weighted by molar-refractivity contribution is 14.1. The smallest absolute Gasteiger partial charge is 0.143 e. The summed E-state index contributed by atoms with van der Waals surface area (Å²) >= 11 is 2.28. The minimum Gasteiger partial charge on any atom is -0.384 e. The molecule has 1 aromatic heterocycles. The van der Waals surface area contributed by atoms with Gasteiger partial charge in [-0.15, -0.1) is 0 Å². The van der Waals surface area contributed by atoms with Crippen molar-refractivity contribution in [2.24, 2.45) is 0 Å². The fourth-order valence-corrected chi connectivity index (χ4v) is 2.14. The number of aryl methyl sites for hydroxylation is 1. The summed E-state index contributed by atoms with van der Waals surface area (Å²) in [7, 11) is 3.57. The van der Waals surface area contributed by atoms with Gasteiger partial charge in [-0.25, -0.2) is 9.97 Å². The third-order valence-electron chi connectivity index (χ3n) is 2.07. The maximum Gasteiger partial charge on any atom is 0.143 e. The number of hydrogen-bond acceptors (Lipinski definition) is 4. The number of nitrogens with zero attached hydrogens (tertiary/aromatic N) is 2. The first-order chi connectivity index (χ1) is 7.22. The molecule has 15 heavy (non-hydrogen) atoms. The molecule has 0 aliphatic rings. The first-order valence-electron chi connectivity index (χ1n) is 4.94. The molecule has 0 unspecified atom stereocenters. The van der Waals surface area contributed by atoms with Crippen molar-refractivity contribution in [2.75, 3.05) is 26.1 Å². The Bertz CT molecular complexity index is 305. The number of methoxy groups -OCH3 is 1. The van der Waals surface area contributed by atoms with Crippen LogP contribution in [0.15, 0.2) is 0 Å². The molecule has 0 radical (unpaired) electrons. The fraction of sp³-hybridized carbons (Fsp3) is 0.600. The van der Waals surface area contributed by atoms with E-state index in [-0.39, 0.29) is 0 Å². The molecule has 0 spiro atoms. The van der Waals surface area contributed by atoms with Crippen LogP contribution >= 0.6 is 22.6 Å². The number of nitrogens with one attached hydrogen (secondary N) is 1. The molecule has 1 rings (SSSR count). The van der Waals surface area contributed by atoms with Gasteiger partial charge in [0.2, 0.25) is 0 Å². The van der Waals surface area contributed by atoms with Crippen LogP contribution in [0.4, 0.5) is 5.82 Å². The minimum absolute atomic E-state index is 0.660.